The number of aliphatic hydroxyl groups is 1. The van der Waals surface area contributed by atoms with Gasteiger partial charge in [0.2, 0.25) is 0 Å². The third-order valence-electron chi connectivity index (χ3n) is 3.31. The van der Waals surface area contributed by atoms with Gasteiger partial charge in [-0.15, -0.1) is 0 Å². The van der Waals surface area contributed by atoms with E-state index in [0.717, 1.165) is 16.5 Å². The monoisotopic (exact) mass is 303 g/mol. The Morgan fingerprint density at radius 2 is 1.95 bits per heavy atom. The lowest BCUT2D eigenvalue weighted by atomic mass is 10.1. The number of fused-ring (bicyclic) bond motifs is 1. The summed E-state index contributed by atoms with van der Waals surface area (Å²) in [6.07, 6.45) is 0.0470. The fourth-order valence-corrected chi connectivity index (χ4v) is 2.20. The third kappa shape index (κ3) is 5.02. The molecular formula is C17H21NO4. The molecule has 2 aromatic carbocycles. The van der Waals surface area contributed by atoms with Gasteiger partial charge in [0.25, 0.3) is 0 Å². The number of aliphatic hydroxyl groups excluding tert-OH is 1. The van der Waals surface area contributed by atoms with Crippen molar-refractivity contribution in [1.82, 2.24) is 5.32 Å². The van der Waals surface area contributed by atoms with E-state index < -0.39 is 12.1 Å². The molecular weight excluding hydrogens is 282 g/mol. The highest BCUT2D eigenvalue weighted by molar-refractivity contribution is 5.88. The van der Waals surface area contributed by atoms with Crippen LogP contribution in [0, 0.1) is 0 Å². The van der Waals surface area contributed by atoms with Gasteiger partial charge in [-0.1, -0.05) is 36.4 Å². The lowest BCUT2D eigenvalue weighted by molar-refractivity contribution is -0.137. The van der Waals surface area contributed by atoms with Crippen LogP contribution >= 0.6 is 0 Å². The molecule has 5 heteroatoms. The topological polar surface area (TPSA) is 78.8 Å². The molecule has 118 valence electrons. The molecule has 0 unspecified atom stereocenters. The van der Waals surface area contributed by atoms with Crippen LogP contribution in [-0.4, -0.2) is 42.0 Å². The second kappa shape index (κ2) is 8.36. The predicted molar refractivity (Wildman–Crippen MR) is 85.2 cm³/mol. The average molecular weight is 303 g/mol. The largest absolute Gasteiger partial charge is 0.490 e. The van der Waals surface area contributed by atoms with Crippen molar-refractivity contribution < 1.29 is 19.7 Å². The molecule has 0 radical (unpaired) electrons. The molecule has 5 nitrogen and oxygen atoms in total. The number of ether oxygens (including phenoxy) is 1. The maximum Gasteiger partial charge on any atom is 0.303 e. The number of carboxylic acid groups (broad SMARTS) is 1. The number of hydrogen-bond donors (Lipinski definition) is 3. The minimum atomic E-state index is -0.804. The molecule has 0 bridgehead atoms. The Bertz CT molecular complexity index is 609. The molecule has 0 saturated heterocycles. The van der Waals surface area contributed by atoms with Crippen LogP contribution in [0.3, 0.4) is 0 Å². The Kier molecular flexibility index (Phi) is 6.18. The Morgan fingerprint density at radius 1 is 1.18 bits per heavy atom. The second-order valence-electron chi connectivity index (χ2n) is 5.14. The van der Waals surface area contributed by atoms with Gasteiger partial charge in [0.1, 0.15) is 18.5 Å². The molecule has 2 aromatic rings. The third-order valence-corrected chi connectivity index (χ3v) is 3.31. The Morgan fingerprint density at radius 3 is 2.77 bits per heavy atom. The van der Waals surface area contributed by atoms with Gasteiger partial charge >= 0.3 is 5.97 Å². The summed E-state index contributed by atoms with van der Waals surface area (Å²) in [5.41, 5.74) is 0. The fraction of sp³-hybridized carbons (Fsp3) is 0.353. The number of benzene rings is 2. The maximum absolute atomic E-state index is 10.4. The molecule has 0 fully saturated rings. The van der Waals surface area contributed by atoms with Crippen LogP contribution in [-0.2, 0) is 4.79 Å². The SMILES string of the molecule is O=C(O)CCCNC[C@H](O)COc1cccc2ccccc12. The lowest BCUT2D eigenvalue weighted by Gasteiger charge is -2.14. The van der Waals surface area contributed by atoms with Crippen molar-refractivity contribution >= 4 is 16.7 Å². The number of carboxylic acids is 1. The summed E-state index contributed by atoms with van der Waals surface area (Å²) in [7, 11) is 0. The maximum atomic E-state index is 10.4. The van der Waals surface area contributed by atoms with E-state index in [4.69, 9.17) is 9.84 Å². The van der Waals surface area contributed by atoms with Crippen LogP contribution < -0.4 is 10.1 Å². The molecule has 0 aliphatic carbocycles. The van der Waals surface area contributed by atoms with E-state index in [-0.39, 0.29) is 13.0 Å². The Labute approximate surface area is 129 Å². The molecule has 0 aliphatic rings. The molecule has 3 N–H and O–H groups in total. The van der Waals surface area contributed by atoms with Crippen molar-refractivity contribution in [3.05, 3.63) is 42.5 Å². The standard InChI is InChI=1S/C17H21NO4/c19-14(11-18-10-4-9-17(20)21)12-22-16-8-3-6-13-5-1-2-7-15(13)16/h1-3,5-8,14,18-19H,4,9-12H2,(H,20,21)/t14-/m0/s1. The van der Waals surface area contributed by atoms with Crippen molar-refractivity contribution in [2.24, 2.45) is 0 Å². The molecule has 1 atom stereocenters. The minimum absolute atomic E-state index is 0.135. The summed E-state index contributed by atoms with van der Waals surface area (Å²) < 4.78 is 5.69. The van der Waals surface area contributed by atoms with Gasteiger partial charge in [0.15, 0.2) is 0 Å². The van der Waals surface area contributed by atoms with Gasteiger partial charge in [0, 0.05) is 18.4 Å². The summed E-state index contributed by atoms with van der Waals surface area (Å²) in [6.45, 7) is 1.14. The zero-order chi connectivity index (χ0) is 15.8. The van der Waals surface area contributed by atoms with E-state index in [0.29, 0.717) is 19.5 Å². The van der Waals surface area contributed by atoms with Crippen molar-refractivity contribution in [2.45, 2.75) is 18.9 Å². The zero-order valence-electron chi connectivity index (χ0n) is 12.4. The smallest absolute Gasteiger partial charge is 0.303 e. The normalized spacial score (nSPS) is 12.2. The van der Waals surface area contributed by atoms with E-state index in [1.807, 2.05) is 42.5 Å². The number of hydrogen-bond acceptors (Lipinski definition) is 4. The summed E-state index contributed by atoms with van der Waals surface area (Å²) in [5, 5.41) is 23.5. The van der Waals surface area contributed by atoms with Gasteiger partial charge in [-0.3, -0.25) is 4.79 Å². The van der Waals surface area contributed by atoms with E-state index in [9.17, 15) is 9.90 Å². The quantitative estimate of drug-likeness (QED) is 0.618. The molecule has 0 aromatic heterocycles. The number of nitrogens with one attached hydrogen (secondary N) is 1. The van der Waals surface area contributed by atoms with Gasteiger partial charge in [-0.2, -0.15) is 0 Å². The average Bonchev–Trinajstić information content (AvgIpc) is 2.52. The summed E-state index contributed by atoms with van der Waals surface area (Å²) in [4.78, 5) is 10.4. The highest BCUT2D eigenvalue weighted by atomic mass is 16.5. The second-order valence-corrected chi connectivity index (χ2v) is 5.14. The molecule has 0 amide bonds. The van der Waals surface area contributed by atoms with Gasteiger partial charge in [-0.05, 0) is 24.4 Å². The number of carbonyl (C=O) groups is 1. The highest BCUT2D eigenvalue weighted by Crippen LogP contribution is 2.25. The van der Waals surface area contributed by atoms with E-state index in [1.165, 1.54) is 0 Å². The van der Waals surface area contributed by atoms with Crippen LogP contribution in [0.5, 0.6) is 5.75 Å². The van der Waals surface area contributed by atoms with Crippen molar-refractivity contribution in [3.63, 3.8) is 0 Å². The van der Waals surface area contributed by atoms with Gasteiger partial charge < -0.3 is 20.3 Å². The van der Waals surface area contributed by atoms with Crippen LogP contribution in [0.2, 0.25) is 0 Å². The molecule has 0 spiro atoms. The van der Waals surface area contributed by atoms with Crippen molar-refractivity contribution in [2.75, 3.05) is 19.7 Å². The van der Waals surface area contributed by atoms with E-state index in [1.54, 1.807) is 0 Å². The summed E-state index contributed by atoms with van der Waals surface area (Å²) >= 11 is 0. The summed E-state index contributed by atoms with van der Waals surface area (Å²) in [5.74, 6) is -0.0512. The first kappa shape index (κ1) is 16.3. The van der Waals surface area contributed by atoms with Crippen LogP contribution in [0.4, 0.5) is 0 Å². The number of aliphatic carboxylic acids is 1. The Hall–Kier alpha value is -2.11. The minimum Gasteiger partial charge on any atom is -0.490 e. The molecule has 0 saturated carbocycles. The molecule has 2 rings (SSSR count). The predicted octanol–water partition coefficient (Wildman–Crippen LogP) is 2.03. The fourth-order valence-electron chi connectivity index (χ4n) is 2.20. The van der Waals surface area contributed by atoms with Gasteiger partial charge in [0.05, 0.1) is 0 Å². The van der Waals surface area contributed by atoms with E-state index >= 15 is 0 Å². The van der Waals surface area contributed by atoms with Crippen LogP contribution in [0.1, 0.15) is 12.8 Å². The van der Waals surface area contributed by atoms with Crippen molar-refractivity contribution in [1.29, 1.82) is 0 Å². The van der Waals surface area contributed by atoms with Crippen LogP contribution in [0.15, 0.2) is 42.5 Å². The van der Waals surface area contributed by atoms with Gasteiger partial charge in [-0.25, -0.2) is 0 Å². The molecule has 0 heterocycles. The number of rotatable bonds is 9. The molecule has 0 aliphatic heterocycles. The molecule has 22 heavy (non-hydrogen) atoms. The lowest BCUT2D eigenvalue weighted by Crippen LogP contribution is -2.32. The highest BCUT2D eigenvalue weighted by Gasteiger charge is 2.07. The van der Waals surface area contributed by atoms with Crippen LogP contribution in [0.25, 0.3) is 10.8 Å². The summed E-state index contributed by atoms with van der Waals surface area (Å²) in [6, 6.07) is 13.8. The van der Waals surface area contributed by atoms with E-state index in [2.05, 4.69) is 5.32 Å². The first-order valence-electron chi connectivity index (χ1n) is 7.38. The Balaban J connectivity index is 1.76. The first-order chi connectivity index (χ1) is 10.7. The first-order valence-corrected chi connectivity index (χ1v) is 7.38. The van der Waals surface area contributed by atoms with Crippen molar-refractivity contribution in [3.8, 4) is 5.75 Å². The zero-order valence-corrected chi connectivity index (χ0v) is 12.4.